The van der Waals surface area contributed by atoms with Crippen LogP contribution in [-0.4, -0.2) is 19.7 Å². The lowest BCUT2D eigenvalue weighted by atomic mass is 10.2. The molecular formula is C12H18N6O3. The molecule has 9 nitrogen and oxygen atoms in total. The number of aromatic amines is 1. The smallest absolute Gasteiger partial charge is 0.330 e. The van der Waals surface area contributed by atoms with E-state index in [9.17, 15) is 9.59 Å². The Labute approximate surface area is 120 Å². The Morgan fingerprint density at radius 2 is 2.14 bits per heavy atom. The summed E-state index contributed by atoms with van der Waals surface area (Å²) in [6, 6.07) is 0. The summed E-state index contributed by atoms with van der Waals surface area (Å²) < 4.78 is 6.27. The quantitative estimate of drug-likeness (QED) is 0.711. The molecule has 2 aromatic heterocycles. The molecule has 0 unspecified atom stereocenters. The minimum atomic E-state index is -0.575. The number of aromatic nitrogens is 4. The SMILES string of the molecule is Cc1noc(CNc2c(N)n(CC(C)C)c(=O)[nH]c2=O)n1. The second-order valence-corrected chi connectivity index (χ2v) is 5.11. The summed E-state index contributed by atoms with van der Waals surface area (Å²) >= 11 is 0. The Bertz CT molecular complexity index is 742. The molecule has 0 radical (unpaired) electrons. The van der Waals surface area contributed by atoms with Crippen molar-refractivity contribution in [2.24, 2.45) is 5.92 Å². The molecule has 0 saturated heterocycles. The van der Waals surface area contributed by atoms with Crippen LogP contribution in [-0.2, 0) is 13.1 Å². The van der Waals surface area contributed by atoms with Gasteiger partial charge < -0.3 is 15.6 Å². The first-order valence-electron chi connectivity index (χ1n) is 6.54. The molecule has 0 bridgehead atoms. The Hall–Kier alpha value is -2.58. The van der Waals surface area contributed by atoms with Crippen LogP contribution in [0.1, 0.15) is 25.6 Å². The van der Waals surface area contributed by atoms with Gasteiger partial charge in [-0.3, -0.25) is 14.3 Å². The van der Waals surface area contributed by atoms with Crippen molar-refractivity contribution in [3.8, 4) is 0 Å². The van der Waals surface area contributed by atoms with Gasteiger partial charge in [0, 0.05) is 6.54 Å². The van der Waals surface area contributed by atoms with Crippen molar-refractivity contribution in [1.82, 2.24) is 19.7 Å². The zero-order chi connectivity index (χ0) is 15.6. The van der Waals surface area contributed by atoms with Gasteiger partial charge >= 0.3 is 5.69 Å². The topological polar surface area (TPSA) is 132 Å². The van der Waals surface area contributed by atoms with Gasteiger partial charge in [-0.05, 0) is 12.8 Å². The number of nitrogen functional groups attached to an aromatic ring is 1. The monoisotopic (exact) mass is 294 g/mol. The largest absolute Gasteiger partial charge is 0.383 e. The van der Waals surface area contributed by atoms with Crippen LogP contribution in [0.15, 0.2) is 14.1 Å². The standard InChI is InChI=1S/C12H18N6O3/c1-6(2)5-18-10(13)9(11(19)16-12(18)20)14-4-8-15-7(3)17-21-8/h6,14H,4-5,13H2,1-3H3,(H,16,19,20). The summed E-state index contributed by atoms with van der Waals surface area (Å²) in [5.74, 6) is 1.13. The summed E-state index contributed by atoms with van der Waals surface area (Å²) in [5.41, 5.74) is 4.94. The minimum Gasteiger partial charge on any atom is -0.383 e. The number of rotatable bonds is 5. The lowest BCUT2D eigenvalue weighted by Crippen LogP contribution is -2.35. The molecule has 0 aliphatic carbocycles. The third-order valence-electron chi connectivity index (χ3n) is 2.77. The van der Waals surface area contributed by atoms with E-state index in [-0.39, 0.29) is 24.0 Å². The average Bonchev–Trinajstić information content (AvgIpc) is 2.80. The number of nitrogens with zero attached hydrogens (tertiary/aromatic N) is 3. The van der Waals surface area contributed by atoms with E-state index in [0.29, 0.717) is 18.3 Å². The average molecular weight is 294 g/mol. The van der Waals surface area contributed by atoms with E-state index in [1.165, 1.54) is 4.57 Å². The fourth-order valence-electron chi connectivity index (χ4n) is 1.88. The van der Waals surface area contributed by atoms with Crippen molar-refractivity contribution in [1.29, 1.82) is 0 Å². The number of nitrogens with one attached hydrogen (secondary N) is 2. The van der Waals surface area contributed by atoms with Gasteiger partial charge in [-0.25, -0.2) is 4.79 Å². The highest BCUT2D eigenvalue weighted by molar-refractivity contribution is 5.60. The van der Waals surface area contributed by atoms with Crippen molar-refractivity contribution in [2.45, 2.75) is 33.9 Å². The molecule has 2 aromatic rings. The zero-order valence-corrected chi connectivity index (χ0v) is 12.1. The summed E-state index contributed by atoms with van der Waals surface area (Å²) in [6.07, 6.45) is 0. The van der Waals surface area contributed by atoms with Crippen molar-refractivity contribution in [3.05, 3.63) is 32.6 Å². The highest BCUT2D eigenvalue weighted by Crippen LogP contribution is 2.12. The molecule has 0 aromatic carbocycles. The Kier molecular flexibility index (Phi) is 4.10. The zero-order valence-electron chi connectivity index (χ0n) is 12.1. The maximum Gasteiger partial charge on any atom is 0.330 e. The lowest BCUT2D eigenvalue weighted by Gasteiger charge is -2.14. The van der Waals surface area contributed by atoms with Crippen LogP contribution in [0.5, 0.6) is 0 Å². The normalized spacial score (nSPS) is 11.0. The molecule has 0 aliphatic rings. The number of H-pyrrole nitrogens is 1. The van der Waals surface area contributed by atoms with Crippen LogP contribution < -0.4 is 22.3 Å². The van der Waals surface area contributed by atoms with E-state index in [4.69, 9.17) is 10.3 Å². The summed E-state index contributed by atoms with van der Waals surface area (Å²) in [6.45, 7) is 6.15. The fourth-order valence-corrected chi connectivity index (χ4v) is 1.88. The summed E-state index contributed by atoms with van der Waals surface area (Å²) in [4.78, 5) is 29.9. The number of hydrogen-bond donors (Lipinski definition) is 3. The van der Waals surface area contributed by atoms with Crippen LogP contribution in [0.25, 0.3) is 0 Å². The molecule has 2 heterocycles. The number of nitrogens with two attached hydrogens (primary N) is 1. The third kappa shape index (κ3) is 3.30. The Morgan fingerprint density at radius 3 is 2.71 bits per heavy atom. The van der Waals surface area contributed by atoms with Gasteiger partial charge in [0.2, 0.25) is 5.89 Å². The van der Waals surface area contributed by atoms with Crippen LogP contribution in [0.4, 0.5) is 11.5 Å². The molecule has 0 fully saturated rings. The number of aryl methyl sites for hydroxylation is 1. The highest BCUT2D eigenvalue weighted by atomic mass is 16.5. The first-order valence-corrected chi connectivity index (χ1v) is 6.54. The van der Waals surface area contributed by atoms with Gasteiger partial charge in [-0.2, -0.15) is 4.98 Å². The van der Waals surface area contributed by atoms with E-state index in [0.717, 1.165) is 0 Å². The predicted octanol–water partition coefficient (Wildman–Crippen LogP) is 0.0783. The van der Waals surface area contributed by atoms with Gasteiger partial charge in [0.05, 0.1) is 6.54 Å². The van der Waals surface area contributed by atoms with E-state index >= 15 is 0 Å². The number of anilines is 2. The van der Waals surface area contributed by atoms with E-state index in [2.05, 4.69) is 20.4 Å². The molecule has 0 atom stereocenters. The molecule has 4 N–H and O–H groups in total. The molecule has 0 saturated carbocycles. The first kappa shape index (κ1) is 14.8. The molecule has 0 aliphatic heterocycles. The van der Waals surface area contributed by atoms with Crippen molar-refractivity contribution in [2.75, 3.05) is 11.1 Å². The molecule has 114 valence electrons. The molecule has 0 amide bonds. The van der Waals surface area contributed by atoms with Gasteiger partial charge in [0.15, 0.2) is 5.82 Å². The van der Waals surface area contributed by atoms with E-state index < -0.39 is 11.2 Å². The predicted molar refractivity (Wildman–Crippen MR) is 76.9 cm³/mol. The second kappa shape index (κ2) is 5.81. The first-order chi connectivity index (χ1) is 9.88. The Morgan fingerprint density at radius 1 is 1.43 bits per heavy atom. The minimum absolute atomic E-state index is 0.0914. The van der Waals surface area contributed by atoms with Crippen molar-refractivity contribution >= 4 is 11.5 Å². The fraction of sp³-hybridized carbons (Fsp3) is 0.500. The molecule has 21 heavy (non-hydrogen) atoms. The van der Waals surface area contributed by atoms with Crippen LogP contribution in [0.3, 0.4) is 0 Å². The summed E-state index contributed by atoms with van der Waals surface area (Å²) in [7, 11) is 0. The van der Waals surface area contributed by atoms with Gasteiger partial charge in [-0.15, -0.1) is 0 Å². The van der Waals surface area contributed by atoms with Crippen molar-refractivity contribution in [3.63, 3.8) is 0 Å². The highest BCUT2D eigenvalue weighted by Gasteiger charge is 2.14. The number of hydrogen-bond acceptors (Lipinski definition) is 7. The van der Waals surface area contributed by atoms with E-state index in [1.807, 2.05) is 13.8 Å². The van der Waals surface area contributed by atoms with Crippen LogP contribution >= 0.6 is 0 Å². The molecular weight excluding hydrogens is 276 g/mol. The Balaban J connectivity index is 2.30. The van der Waals surface area contributed by atoms with Gasteiger partial charge in [0.25, 0.3) is 5.56 Å². The van der Waals surface area contributed by atoms with Crippen molar-refractivity contribution < 1.29 is 4.52 Å². The maximum atomic E-state index is 11.8. The summed E-state index contributed by atoms with van der Waals surface area (Å²) in [5, 5.41) is 6.47. The van der Waals surface area contributed by atoms with Crippen LogP contribution in [0.2, 0.25) is 0 Å². The third-order valence-corrected chi connectivity index (χ3v) is 2.77. The van der Waals surface area contributed by atoms with E-state index in [1.54, 1.807) is 6.92 Å². The molecule has 0 spiro atoms. The second-order valence-electron chi connectivity index (χ2n) is 5.11. The van der Waals surface area contributed by atoms with Crippen LogP contribution in [0, 0.1) is 12.8 Å². The lowest BCUT2D eigenvalue weighted by molar-refractivity contribution is 0.379. The molecule has 2 rings (SSSR count). The van der Waals surface area contributed by atoms with Gasteiger partial charge in [0.1, 0.15) is 11.5 Å². The van der Waals surface area contributed by atoms with Gasteiger partial charge in [-0.1, -0.05) is 19.0 Å². The molecule has 9 heteroatoms. The maximum absolute atomic E-state index is 11.8.